The minimum atomic E-state index is -0.480. The second-order valence-electron chi connectivity index (χ2n) is 4.63. The van der Waals surface area contributed by atoms with E-state index in [-0.39, 0.29) is 0 Å². The fraction of sp³-hybridized carbons (Fsp3) is 0. The van der Waals surface area contributed by atoms with Crippen LogP contribution < -0.4 is 0 Å². The van der Waals surface area contributed by atoms with Crippen LogP contribution in [-0.4, -0.2) is 10.2 Å². The van der Waals surface area contributed by atoms with Gasteiger partial charge in [0.25, 0.3) is 5.24 Å². The minimum Gasteiger partial charge on any atom is -0.276 e. The highest BCUT2D eigenvalue weighted by atomic mass is 35.5. The van der Waals surface area contributed by atoms with Crippen LogP contribution in [0.2, 0.25) is 0 Å². The third-order valence-corrected chi connectivity index (χ3v) is 3.41. The molecule has 1 heterocycles. The molecule has 3 rings (SSSR count). The third kappa shape index (κ3) is 3.01. The van der Waals surface area contributed by atoms with Crippen LogP contribution in [0.5, 0.6) is 0 Å². The lowest BCUT2D eigenvalue weighted by molar-refractivity contribution is 0.108. The first-order chi connectivity index (χ1) is 10.2. The zero-order chi connectivity index (χ0) is 14.7. The molecule has 102 valence electrons. The molecule has 0 spiro atoms. The lowest BCUT2D eigenvalue weighted by Gasteiger charge is -2.07. The van der Waals surface area contributed by atoms with E-state index in [4.69, 9.17) is 11.6 Å². The average molecular weight is 294 g/mol. The van der Waals surface area contributed by atoms with Gasteiger partial charge in [0.15, 0.2) is 0 Å². The summed E-state index contributed by atoms with van der Waals surface area (Å²) >= 11 is 5.66. The number of hydrogen-bond acceptors (Lipinski definition) is 2. The Hall–Kier alpha value is -2.45. The van der Waals surface area contributed by atoms with Gasteiger partial charge in [0.1, 0.15) is 0 Å². The lowest BCUT2D eigenvalue weighted by atomic mass is 10.1. The van der Waals surface area contributed by atoms with E-state index in [1.54, 1.807) is 12.1 Å². The maximum Gasteiger partial charge on any atom is 0.252 e. The summed E-state index contributed by atoms with van der Waals surface area (Å²) in [6, 6.07) is 22.9. The summed E-state index contributed by atoms with van der Waals surface area (Å²) in [4.78, 5) is 16.2. The van der Waals surface area contributed by atoms with Crippen molar-refractivity contribution >= 4 is 16.8 Å². The largest absolute Gasteiger partial charge is 0.276 e. The fourth-order valence-corrected chi connectivity index (χ4v) is 2.27. The summed E-state index contributed by atoms with van der Waals surface area (Å²) in [6.45, 7) is 0. The quantitative estimate of drug-likeness (QED) is 0.650. The Morgan fingerprint density at radius 2 is 1.19 bits per heavy atom. The average Bonchev–Trinajstić information content (AvgIpc) is 2.56. The maximum absolute atomic E-state index is 11.6. The van der Waals surface area contributed by atoms with Crippen LogP contribution in [-0.2, 0) is 0 Å². The van der Waals surface area contributed by atoms with E-state index in [0.29, 0.717) is 5.56 Å². The number of halogens is 1. The van der Waals surface area contributed by atoms with Crippen molar-refractivity contribution in [2.45, 2.75) is 0 Å². The summed E-state index contributed by atoms with van der Waals surface area (Å²) in [5.41, 5.74) is 3.83. The first kappa shape index (κ1) is 13.5. The Morgan fingerprint density at radius 3 is 1.57 bits per heavy atom. The molecule has 0 N–H and O–H groups in total. The monoisotopic (exact) mass is 293 g/mol. The van der Waals surface area contributed by atoms with Crippen LogP contribution >= 0.6 is 11.6 Å². The normalized spacial score (nSPS) is 10.3. The summed E-state index contributed by atoms with van der Waals surface area (Å²) in [7, 11) is 0. The SMILES string of the molecule is O=C(Cl)c1cc(-c2ccccc2)nc(-c2ccccc2)c1. The Bertz CT molecular complexity index is 712. The van der Waals surface area contributed by atoms with Crippen molar-refractivity contribution in [3.8, 4) is 22.5 Å². The minimum absolute atomic E-state index is 0.448. The molecule has 2 aromatic carbocycles. The molecule has 0 amide bonds. The van der Waals surface area contributed by atoms with Gasteiger partial charge in [-0.3, -0.25) is 4.79 Å². The van der Waals surface area contributed by atoms with Crippen molar-refractivity contribution in [2.75, 3.05) is 0 Å². The standard InChI is InChI=1S/C18H12ClNO/c19-18(21)15-11-16(13-7-3-1-4-8-13)20-17(12-15)14-9-5-2-6-10-14/h1-12H. The highest BCUT2D eigenvalue weighted by molar-refractivity contribution is 6.67. The number of carbonyl (C=O) groups excluding carboxylic acids is 1. The zero-order valence-corrected chi connectivity index (χ0v) is 11.9. The smallest absolute Gasteiger partial charge is 0.252 e. The van der Waals surface area contributed by atoms with Crippen molar-refractivity contribution in [2.24, 2.45) is 0 Å². The first-order valence-electron chi connectivity index (χ1n) is 6.57. The van der Waals surface area contributed by atoms with Gasteiger partial charge in [0.05, 0.1) is 11.4 Å². The van der Waals surface area contributed by atoms with Gasteiger partial charge in [0, 0.05) is 16.7 Å². The molecule has 3 aromatic rings. The van der Waals surface area contributed by atoms with E-state index in [9.17, 15) is 4.79 Å². The molecule has 1 aromatic heterocycles. The van der Waals surface area contributed by atoms with E-state index in [2.05, 4.69) is 4.98 Å². The van der Waals surface area contributed by atoms with Crippen molar-refractivity contribution in [3.63, 3.8) is 0 Å². The van der Waals surface area contributed by atoms with Crippen molar-refractivity contribution in [1.29, 1.82) is 0 Å². The summed E-state index contributed by atoms with van der Waals surface area (Å²) < 4.78 is 0. The molecule has 0 fully saturated rings. The van der Waals surface area contributed by atoms with Crippen molar-refractivity contribution in [1.82, 2.24) is 4.98 Å². The predicted molar refractivity (Wildman–Crippen MR) is 85.3 cm³/mol. The van der Waals surface area contributed by atoms with Crippen LogP contribution in [0.3, 0.4) is 0 Å². The molecule has 0 saturated carbocycles. The molecule has 0 atom stereocenters. The molecule has 0 bridgehead atoms. The topological polar surface area (TPSA) is 30.0 Å². The van der Waals surface area contributed by atoms with Gasteiger partial charge in [-0.1, -0.05) is 60.7 Å². The van der Waals surface area contributed by atoms with Crippen molar-refractivity contribution < 1.29 is 4.79 Å². The Labute approximate surface area is 128 Å². The molecular weight excluding hydrogens is 282 g/mol. The summed E-state index contributed by atoms with van der Waals surface area (Å²) in [5, 5.41) is -0.480. The molecule has 0 unspecified atom stereocenters. The second-order valence-corrected chi connectivity index (χ2v) is 4.98. The molecule has 0 aliphatic heterocycles. The molecule has 2 nitrogen and oxygen atoms in total. The third-order valence-electron chi connectivity index (χ3n) is 3.19. The van der Waals surface area contributed by atoms with Crippen LogP contribution in [0.1, 0.15) is 10.4 Å². The highest BCUT2D eigenvalue weighted by Gasteiger charge is 2.10. The number of carbonyl (C=O) groups is 1. The van der Waals surface area contributed by atoms with E-state index in [1.165, 1.54) is 0 Å². The molecule has 0 saturated heterocycles. The van der Waals surface area contributed by atoms with Gasteiger partial charge in [-0.05, 0) is 23.7 Å². The van der Waals surface area contributed by atoms with Gasteiger partial charge < -0.3 is 0 Å². The van der Waals surface area contributed by atoms with E-state index in [1.807, 2.05) is 60.7 Å². The predicted octanol–water partition coefficient (Wildman–Crippen LogP) is 4.79. The maximum atomic E-state index is 11.6. The van der Waals surface area contributed by atoms with Gasteiger partial charge >= 0.3 is 0 Å². The first-order valence-corrected chi connectivity index (χ1v) is 6.94. The van der Waals surface area contributed by atoms with Gasteiger partial charge in [-0.25, -0.2) is 4.98 Å². The molecular formula is C18H12ClNO. The summed E-state index contributed by atoms with van der Waals surface area (Å²) in [5.74, 6) is 0. The molecule has 0 aliphatic rings. The zero-order valence-electron chi connectivity index (χ0n) is 11.2. The molecule has 0 aliphatic carbocycles. The molecule has 3 heteroatoms. The summed E-state index contributed by atoms with van der Waals surface area (Å²) in [6.07, 6.45) is 0. The van der Waals surface area contributed by atoms with Crippen molar-refractivity contribution in [3.05, 3.63) is 78.4 Å². The van der Waals surface area contributed by atoms with Crippen LogP contribution in [0, 0.1) is 0 Å². The number of hydrogen-bond donors (Lipinski definition) is 0. The number of pyridine rings is 1. The number of benzene rings is 2. The molecule has 21 heavy (non-hydrogen) atoms. The number of aromatic nitrogens is 1. The number of nitrogens with zero attached hydrogens (tertiary/aromatic N) is 1. The number of rotatable bonds is 3. The van der Waals surface area contributed by atoms with E-state index < -0.39 is 5.24 Å². The lowest BCUT2D eigenvalue weighted by Crippen LogP contribution is -1.95. The van der Waals surface area contributed by atoms with Crippen LogP contribution in [0.4, 0.5) is 0 Å². The highest BCUT2D eigenvalue weighted by Crippen LogP contribution is 2.25. The second kappa shape index (κ2) is 5.90. The van der Waals surface area contributed by atoms with Gasteiger partial charge in [-0.15, -0.1) is 0 Å². The van der Waals surface area contributed by atoms with Gasteiger partial charge in [-0.2, -0.15) is 0 Å². The Balaban J connectivity index is 2.18. The fourth-order valence-electron chi connectivity index (χ4n) is 2.16. The van der Waals surface area contributed by atoms with E-state index >= 15 is 0 Å². The van der Waals surface area contributed by atoms with Crippen LogP contribution in [0.15, 0.2) is 72.8 Å². The molecule has 0 radical (unpaired) electrons. The Kier molecular flexibility index (Phi) is 3.80. The van der Waals surface area contributed by atoms with Crippen LogP contribution in [0.25, 0.3) is 22.5 Å². The van der Waals surface area contributed by atoms with Gasteiger partial charge in [0.2, 0.25) is 0 Å². The Morgan fingerprint density at radius 1 is 0.762 bits per heavy atom. The van der Waals surface area contributed by atoms with E-state index in [0.717, 1.165) is 22.5 Å².